The summed E-state index contributed by atoms with van der Waals surface area (Å²) in [6.45, 7) is 5.46. The number of carbonyl (C=O) groups excluding carboxylic acids is 1. The molecule has 3 aromatic rings. The summed E-state index contributed by atoms with van der Waals surface area (Å²) in [5, 5.41) is 0. The smallest absolute Gasteiger partial charge is 0.259 e. The van der Waals surface area contributed by atoms with Crippen molar-refractivity contribution in [3.63, 3.8) is 0 Å². The van der Waals surface area contributed by atoms with Crippen LogP contribution in [0.5, 0.6) is 5.75 Å². The van der Waals surface area contributed by atoms with Crippen molar-refractivity contribution in [1.29, 1.82) is 0 Å². The van der Waals surface area contributed by atoms with Gasteiger partial charge in [0.15, 0.2) is 0 Å². The Morgan fingerprint density at radius 2 is 1.59 bits per heavy atom. The van der Waals surface area contributed by atoms with Gasteiger partial charge in [0.05, 0.1) is 5.69 Å². The molecule has 0 bridgehead atoms. The van der Waals surface area contributed by atoms with Crippen molar-refractivity contribution in [2.75, 3.05) is 11.4 Å². The summed E-state index contributed by atoms with van der Waals surface area (Å²) >= 11 is 0. The van der Waals surface area contributed by atoms with Crippen LogP contribution in [0.4, 0.5) is 5.69 Å². The Kier molecular flexibility index (Phi) is 5.48. The minimum atomic E-state index is 0.0535. The Labute approximate surface area is 172 Å². The minimum Gasteiger partial charge on any atom is -0.488 e. The van der Waals surface area contributed by atoms with Crippen molar-refractivity contribution in [3.05, 3.63) is 95.6 Å². The molecule has 0 N–H and O–H groups in total. The van der Waals surface area contributed by atoms with Gasteiger partial charge in [0.1, 0.15) is 12.4 Å². The maximum absolute atomic E-state index is 13.2. The van der Waals surface area contributed by atoms with E-state index in [1.54, 1.807) is 0 Å². The first-order chi connectivity index (χ1) is 14.1. The predicted octanol–water partition coefficient (Wildman–Crippen LogP) is 5.81. The van der Waals surface area contributed by atoms with Crippen LogP contribution < -0.4 is 9.64 Å². The molecule has 0 fully saturated rings. The number of amides is 1. The number of para-hydroxylation sites is 2. The van der Waals surface area contributed by atoms with Crippen molar-refractivity contribution in [1.82, 2.24) is 0 Å². The van der Waals surface area contributed by atoms with Crippen LogP contribution in [0.2, 0.25) is 0 Å². The van der Waals surface area contributed by atoms with Gasteiger partial charge in [-0.15, -0.1) is 0 Å². The first-order valence-electron chi connectivity index (χ1n) is 10.0. The van der Waals surface area contributed by atoms with E-state index >= 15 is 0 Å². The van der Waals surface area contributed by atoms with E-state index in [0.717, 1.165) is 33.7 Å². The highest BCUT2D eigenvalue weighted by atomic mass is 16.5. The molecule has 0 aromatic heterocycles. The maximum atomic E-state index is 13.2. The van der Waals surface area contributed by atoms with Crippen LogP contribution >= 0.6 is 0 Å². The topological polar surface area (TPSA) is 29.5 Å². The molecule has 3 nitrogen and oxygen atoms in total. The average molecular weight is 383 g/mol. The van der Waals surface area contributed by atoms with E-state index in [-0.39, 0.29) is 5.91 Å². The highest BCUT2D eigenvalue weighted by Gasteiger charge is 2.32. The summed E-state index contributed by atoms with van der Waals surface area (Å²) in [5.41, 5.74) is 4.71. The van der Waals surface area contributed by atoms with Crippen LogP contribution in [0.3, 0.4) is 0 Å². The van der Waals surface area contributed by atoms with Gasteiger partial charge in [-0.3, -0.25) is 4.79 Å². The van der Waals surface area contributed by atoms with Crippen molar-refractivity contribution < 1.29 is 9.53 Å². The van der Waals surface area contributed by atoms with Gasteiger partial charge in [-0.1, -0.05) is 80.6 Å². The molecule has 146 valence electrons. The molecule has 0 aliphatic carbocycles. The summed E-state index contributed by atoms with van der Waals surface area (Å²) in [6.07, 6.45) is 1.96. The zero-order valence-corrected chi connectivity index (χ0v) is 16.8. The van der Waals surface area contributed by atoms with Crippen LogP contribution in [0.15, 0.2) is 78.9 Å². The third kappa shape index (κ3) is 4.09. The fraction of sp³-hybridized carbons (Fsp3) is 0.192. The van der Waals surface area contributed by atoms with Gasteiger partial charge in [0.25, 0.3) is 5.91 Å². The van der Waals surface area contributed by atoms with Gasteiger partial charge < -0.3 is 9.64 Å². The molecule has 29 heavy (non-hydrogen) atoms. The molecule has 1 amide bonds. The van der Waals surface area contributed by atoms with Crippen LogP contribution in [0.1, 0.15) is 30.5 Å². The fourth-order valence-corrected chi connectivity index (χ4v) is 3.61. The molecule has 0 atom stereocenters. The number of benzene rings is 3. The molecule has 1 aliphatic rings. The number of ether oxygens (including phenoxy) is 1. The molecule has 0 radical (unpaired) electrons. The molecule has 3 heteroatoms. The number of rotatable bonds is 6. The van der Waals surface area contributed by atoms with E-state index in [1.165, 1.54) is 0 Å². The number of hydrogen-bond acceptors (Lipinski definition) is 2. The molecule has 0 unspecified atom stereocenters. The number of anilines is 1. The molecular formula is C26H25NO2. The van der Waals surface area contributed by atoms with Gasteiger partial charge in [0, 0.05) is 23.2 Å². The SMILES string of the molecule is CC(C)CN1C(=O)/C(=C\c2ccccc2OCc2ccccc2)c2ccccc21. The lowest BCUT2D eigenvalue weighted by Gasteiger charge is -2.19. The van der Waals surface area contributed by atoms with Gasteiger partial charge in [-0.05, 0) is 29.7 Å². The number of nitrogens with zero attached hydrogens (tertiary/aromatic N) is 1. The molecule has 3 aromatic carbocycles. The van der Waals surface area contributed by atoms with Crippen LogP contribution in [-0.2, 0) is 11.4 Å². The van der Waals surface area contributed by atoms with Gasteiger partial charge in [-0.25, -0.2) is 0 Å². The zero-order valence-electron chi connectivity index (χ0n) is 16.8. The lowest BCUT2D eigenvalue weighted by Crippen LogP contribution is -2.30. The molecule has 0 spiro atoms. The standard InChI is InChI=1S/C26H25NO2/c1-19(2)17-27-24-14-8-7-13-22(24)23(26(27)28)16-21-12-6-9-15-25(21)29-18-20-10-4-3-5-11-20/h3-16,19H,17-18H2,1-2H3/b23-16-. The van der Waals surface area contributed by atoms with E-state index in [0.29, 0.717) is 19.1 Å². The summed E-state index contributed by atoms with van der Waals surface area (Å²) in [5.74, 6) is 1.22. The van der Waals surface area contributed by atoms with E-state index < -0.39 is 0 Å². The fourth-order valence-electron chi connectivity index (χ4n) is 3.61. The normalized spacial score (nSPS) is 14.5. The number of fused-ring (bicyclic) bond motifs is 1. The van der Waals surface area contributed by atoms with Crippen molar-refractivity contribution >= 4 is 23.2 Å². The van der Waals surface area contributed by atoms with Crippen molar-refractivity contribution in [3.8, 4) is 5.75 Å². The first kappa shape index (κ1) is 19.0. The molecular weight excluding hydrogens is 358 g/mol. The van der Waals surface area contributed by atoms with Crippen LogP contribution in [-0.4, -0.2) is 12.5 Å². The molecule has 0 saturated heterocycles. The Balaban J connectivity index is 1.67. The Bertz CT molecular complexity index is 1040. The maximum Gasteiger partial charge on any atom is 0.259 e. The third-order valence-electron chi connectivity index (χ3n) is 4.96. The summed E-state index contributed by atoms with van der Waals surface area (Å²) in [6, 6.07) is 26.0. The van der Waals surface area contributed by atoms with Crippen molar-refractivity contribution in [2.24, 2.45) is 5.92 Å². The van der Waals surface area contributed by atoms with E-state index in [9.17, 15) is 4.79 Å². The molecule has 1 aliphatic heterocycles. The highest BCUT2D eigenvalue weighted by Crippen LogP contribution is 2.39. The van der Waals surface area contributed by atoms with Crippen LogP contribution in [0, 0.1) is 5.92 Å². The van der Waals surface area contributed by atoms with Crippen molar-refractivity contribution in [2.45, 2.75) is 20.5 Å². The highest BCUT2D eigenvalue weighted by molar-refractivity contribution is 6.35. The van der Waals surface area contributed by atoms with Gasteiger partial charge in [0.2, 0.25) is 0 Å². The Hall–Kier alpha value is -3.33. The second kappa shape index (κ2) is 8.36. The van der Waals surface area contributed by atoms with Gasteiger partial charge >= 0.3 is 0 Å². The summed E-state index contributed by atoms with van der Waals surface area (Å²) < 4.78 is 6.08. The lowest BCUT2D eigenvalue weighted by atomic mass is 10.0. The Morgan fingerprint density at radius 3 is 2.38 bits per heavy atom. The summed E-state index contributed by atoms with van der Waals surface area (Å²) in [7, 11) is 0. The van der Waals surface area contributed by atoms with Crippen LogP contribution in [0.25, 0.3) is 11.6 Å². The largest absolute Gasteiger partial charge is 0.488 e. The molecule has 0 saturated carbocycles. The lowest BCUT2D eigenvalue weighted by molar-refractivity contribution is -0.113. The first-order valence-corrected chi connectivity index (χ1v) is 10.0. The summed E-state index contributed by atoms with van der Waals surface area (Å²) in [4.78, 5) is 15.1. The number of hydrogen-bond donors (Lipinski definition) is 0. The monoisotopic (exact) mass is 383 g/mol. The third-order valence-corrected chi connectivity index (χ3v) is 4.96. The quantitative estimate of drug-likeness (QED) is 0.503. The Morgan fingerprint density at radius 1 is 0.897 bits per heavy atom. The van der Waals surface area contributed by atoms with E-state index in [1.807, 2.05) is 89.8 Å². The van der Waals surface area contributed by atoms with E-state index in [2.05, 4.69) is 13.8 Å². The zero-order chi connectivity index (χ0) is 20.2. The second-order valence-electron chi connectivity index (χ2n) is 7.70. The average Bonchev–Trinajstić information content (AvgIpc) is 2.99. The second-order valence-corrected chi connectivity index (χ2v) is 7.70. The van der Waals surface area contributed by atoms with E-state index in [4.69, 9.17) is 4.74 Å². The predicted molar refractivity (Wildman–Crippen MR) is 119 cm³/mol. The number of carbonyl (C=O) groups is 1. The molecule has 4 rings (SSSR count). The minimum absolute atomic E-state index is 0.0535. The van der Waals surface area contributed by atoms with Gasteiger partial charge in [-0.2, -0.15) is 0 Å². The molecule has 1 heterocycles.